The molecule has 0 saturated heterocycles. The molecule has 0 N–H and O–H groups in total. The van der Waals surface area contributed by atoms with Gasteiger partial charge in [-0.1, -0.05) is 152 Å². The zero-order chi connectivity index (χ0) is 36.7. The van der Waals surface area contributed by atoms with Crippen LogP contribution in [0, 0.1) is 0 Å². The molecule has 0 fully saturated rings. The molecule has 2 heterocycles. The fourth-order valence-electron chi connectivity index (χ4n) is 9.38. The van der Waals surface area contributed by atoms with E-state index in [0.717, 1.165) is 21.8 Å². The maximum Gasteiger partial charge on any atom is 0.0970 e. The second-order valence-electron chi connectivity index (χ2n) is 14.9. The summed E-state index contributed by atoms with van der Waals surface area (Å²) in [6.07, 6.45) is 3.70. The number of nitrogens with zero attached hydrogens (tertiary/aromatic N) is 2. The lowest BCUT2D eigenvalue weighted by atomic mass is 9.88. The van der Waals surface area contributed by atoms with Crippen LogP contribution in [0.2, 0.25) is 0 Å². The Morgan fingerprint density at radius 3 is 1.55 bits per heavy atom. The van der Waals surface area contributed by atoms with Gasteiger partial charge in [-0.2, -0.15) is 0 Å². The molecule has 2 heteroatoms. The summed E-state index contributed by atoms with van der Waals surface area (Å²) < 4.78 is 0. The maximum atomic E-state index is 4.78. The van der Waals surface area contributed by atoms with Gasteiger partial charge in [-0.05, 0) is 128 Å². The van der Waals surface area contributed by atoms with E-state index in [2.05, 4.69) is 170 Å². The Kier molecular flexibility index (Phi) is 6.66. The van der Waals surface area contributed by atoms with Gasteiger partial charge < -0.3 is 0 Å². The van der Waals surface area contributed by atoms with E-state index in [9.17, 15) is 0 Å². The molecule has 0 atom stereocenters. The fourth-order valence-corrected chi connectivity index (χ4v) is 9.38. The van der Waals surface area contributed by atoms with Crippen molar-refractivity contribution in [3.8, 4) is 33.4 Å². The molecule has 56 heavy (non-hydrogen) atoms. The summed E-state index contributed by atoms with van der Waals surface area (Å²) >= 11 is 0. The minimum Gasteiger partial charge on any atom is -0.254 e. The second-order valence-corrected chi connectivity index (χ2v) is 14.9. The van der Waals surface area contributed by atoms with E-state index in [-0.39, 0.29) is 0 Å². The molecule has 10 aromatic carbocycles. The lowest BCUT2D eigenvalue weighted by molar-refractivity contribution is 1.37. The van der Waals surface area contributed by atoms with E-state index < -0.39 is 0 Å². The summed E-state index contributed by atoms with van der Waals surface area (Å²) in [4.78, 5) is 9.48. The third-order valence-electron chi connectivity index (χ3n) is 11.9. The first-order valence-corrected chi connectivity index (χ1v) is 19.2. The smallest absolute Gasteiger partial charge is 0.0970 e. The Morgan fingerprint density at radius 1 is 0.250 bits per heavy atom. The summed E-state index contributed by atoms with van der Waals surface area (Å²) in [6, 6.07) is 67.0. The highest BCUT2D eigenvalue weighted by atomic mass is 14.7. The van der Waals surface area contributed by atoms with Crippen molar-refractivity contribution in [1.29, 1.82) is 0 Å². The van der Waals surface area contributed by atoms with Gasteiger partial charge in [0.2, 0.25) is 0 Å². The molecule has 12 rings (SSSR count). The van der Waals surface area contributed by atoms with Gasteiger partial charge in [0, 0.05) is 23.2 Å². The highest BCUT2D eigenvalue weighted by Gasteiger charge is 2.17. The van der Waals surface area contributed by atoms with Crippen LogP contribution in [0.1, 0.15) is 0 Å². The van der Waals surface area contributed by atoms with Crippen molar-refractivity contribution in [2.75, 3.05) is 0 Å². The molecule has 0 amide bonds. The minimum atomic E-state index is 0.931. The molecule has 2 aromatic heterocycles. The van der Waals surface area contributed by atoms with E-state index in [1.54, 1.807) is 0 Å². The molecular weight excluding hydrogens is 677 g/mol. The first-order valence-electron chi connectivity index (χ1n) is 19.2. The quantitative estimate of drug-likeness (QED) is 0.171. The van der Waals surface area contributed by atoms with Crippen LogP contribution < -0.4 is 0 Å². The SMILES string of the molecule is c1cnc2c(c1)cc(-c1ccc(-c3ccc(-c4cc5ccc6cccc7c8ccccc8c8ccccc8c(c4)c5c67)cc3)c3ccccc13)c1cccnc12. The van der Waals surface area contributed by atoms with Crippen molar-refractivity contribution >= 4 is 86.4 Å². The molecule has 0 aliphatic carbocycles. The third kappa shape index (κ3) is 4.57. The summed E-state index contributed by atoms with van der Waals surface area (Å²) in [7, 11) is 0. The predicted molar refractivity (Wildman–Crippen MR) is 238 cm³/mol. The van der Waals surface area contributed by atoms with Gasteiger partial charge in [-0.3, -0.25) is 9.97 Å². The molecule has 0 bridgehead atoms. The van der Waals surface area contributed by atoms with Crippen molar-refractivity contribution in [2.45, 2.75) is 0 Å². The van der Waals surface area contributed by atoms with E-state index >= 15 is 0 Å². The van der Waals surface area contributed by atoms with Crippen molar-refractivity contribution in [1.82, 2.24) is 9.97 Å². The van der Waals surface area contributed by atoms with Crippen LogP contribution in [0.15, 0.2) is 194 Å². The monoisotopic (exact) mass is 708 g/mol. The highest BCUT2D eigenvalue weighted by Crippen LogP contribution is 2.43. The average Bonchev–Trinajstić information content (AvgIpc) is 3.27. The van der Waals surface area contributed by atoms with Crippen molar-refractivity contribution in [3.63, 3.8) is 0 Å². The predicted octanol–water partition coefficient (Wildman–Crippen LogP) is 14.7. The molecule has 0 aliphatic heterocycles. The lowest BCUT2D eigenvalue weighted by Crippen LogP contribution is -1.91. The molecular formula is C54H32N2. The molecule has 0 saturated carbocycles. The molecule has 0 unspecified atom stereocenters. The number of fused-ring (bicyclic) bond motifs is 9. The number of hydrogen-bond donors (Lipinski definition) is 0. The summed E-state index contributed by atoms with van der Waals surface area (Å²) in [5.74, 6) is 0. The van der Waals surface area contributed by atoms with Crippen LogP contribution in [-0.2, 0) is 0 Å². The maximum absolute atomic E-state index is 4.78. The van der Waals surface area contributed by atoms with E-state index in [1.807, 2.05) is 24.5 Å². The van der Waals surface area contributed by atoms with E-state index in [4.69, 9.17) is 9.97 Å². The van der Waals surface area contributed by atoms with Gasteiger partial charge in [0.05, 0.1) is 11.0 Å². The van der Waals surface area contributed by atoms with E-state index in [0.29, 0.717) is 0 Å². The fraction of sp³-hybridized carbons (Fsp3) is 0. The molecule has 0 spiro atoms. The molecule has 0 radical (unpaired) electrons. The standard InChI is InChI=1S/C54H32N2/c1-2-13-41-40(12-1)39(26-27-46(41)49-31-37-11-8-28-55-53(37)54-48(49)19-9-29-56-54)34-22-20-33(21-23-34)38-30-36-25-24-35-10-7-18-47-44-16-5-3-14-42(44)43-15-4-6-17-45(43)50(32-38)52(36)51(35)47/h1-32H. The number of benzene rings is 9. The van der Waals surface area contributed by atoms with E-state index in [1.165, 1.54) is 98.0 Å². The minimum absolute atomic E-state index is 0.931. The van der Waals surface area contributed by atoms with Crippen molar-refractivity contribution in [3.05, 3.63) is 194 Å². The van der Waals surface area contributed by atoms with Gasteiger partial charge in [-0.25, -0.2) is 0 Å². The lowest BCUT2D eigenvalue weighted by Gasteiger charge is -2.16. The van der Waals surface area contributed by atoms with Crippen LogP contribution in [0.3, 0.4) is 0 Å². The number of rotatable bonds is 3. The van der Waals surface area contributed by atoms with Gasteiger partial charge in [-0.15, -0.1) is 0 Å². The molecule has 258 valence electrons. The zero-order valence-corrected chi connectivity index (χ0v) is 30.4. The largest absolute Gasteiger partial charge is 0.254 e. The Hall–Kier alpha value is -7.42. The van der Waals surface area contributed by atoms with Crippen molar-refractivity contribution < 1.29 is 0 Å². The Bertz CT molecular complexity index is 3580. The average molecular weight is 709 g/mol. The molecule has 2 nitrogen and oxygen atoms in total. The summed E-state index contributed by atoms with van der Waals surface area (Å²) in [5.41, 5.74) is 9.05. The van der Waals surface area contributed by atoms with Crippen LogP contribution in [0.5, 0.6) is 0 Å². The van der Waals surface area contributed by atoms with Crippen LogP contribution in [-0.4, -0.2) is 9.97 Å². The number of pyridine rings is 2. The van der Waals surface area contributed by atoms with Crippen molar-refractivity contribution in [2.24, 2.45) is 0 Å². The summed E-state index contributed by atoms with van der Waals surface area (Å²) in [5, 5.41) is 17.5. The Morgan fingerprint density at radius 2 is 0.786 bits per heavy atom. The Balaban J connectivity index is 1.04. The first kappa shape index (κ1) is 31.0. The van der Waals surface area contributed by atoms with Gasteiger partial charge in [0.1, 0.15) is 0 Å². The van der Waals surface area contributed by atoms with Gasteiger partial charge in [0.25, 0.3) is 0 Å². The van der Waals surface area contributed by atoms with Crippen LogP contribution in [0.4, 0.5) is 0 Å². The van der Waals surface area contributed by atoms with Crippen LogP contribution in [0.25, 0.3) is 120 Å². The first-order chi connectivity index (χ1) is 27.8. The van der Waals surface area contributed by atoms with Gasteiger partial charge in [0.15, 0.2) is 0 Å². The highest BCUT2D eigenvalue weighted by molar-refractivity contribution is 6.33. The molecule has 12 aromatic rings. The third-order valence-corrected chi connectivity index (χ3v) is 11.9. The zero-order valence-electron chi connectivity index (χ0n) is 30.4. The van der Waals surface area contributed by atoms with Gasteiger partial charge >= 0.3 is 0 Å². The number of hydrogen-bond acceptors (Lipinski definition) is 2. The summed E-state index contributed by atoms with van der Waals surface area (Å²) in [6.45, 7) is 0. The molecule has 0 aliphatic rings. The topological polar surface area (TPSA) is 25.8 Å². The normalized spacial score (nSPS) is 11.9. The Labute approximate surface area is 322 Å². The number of aromatic nitrogens is 2. The second kappa shape index (κ2) is 12.0. The van der Waals surface area contributed by atoms with Crippen LogP contribution >= 0.6 is 0 Å².